The van der Waals surface area contributed by atoms with Crippen LogP contribution in [0.15, 0.2) is 30.5 Å². The van der Waals surface area contributed by atoms with E-state index < -0.39 is 0 Å². The lowest BCUT2D eigenvalue weighted by Gasteiger charge is -2.37. The molecule has 30 heavy (non-hydrogen) atoms. The van der Waals surface area contributed by atoms with Gasteiger partial charge in [-0.3, -0.25) is 14.7 Å². The Hall–Kier alpha value is -2.02. The first-order valence-corrected chi connectivity index (χ1v) is 11.3. The Morgan fingerprint density at radius 3 is 2.80 bits per heavy atom. The second-order valence-corrected chi connectivity index (χ2v) is 9.29. The molecule has 0 bridgehead atoms. The van der Waals surface area contributed by atoms with Crippen LogP contribution >= 0.6 is 0 Å². The third-order valence-electron chi connectivity index (χ3n) is 6.73. The minimum atomic E-state index is 0.169. The van der Waals surface area contributed by atoms with E-state index >= 15 is 0 Å². The van der Waals surface area contributed by atoms with E-state index in [1.807, 2.05) is 12.3 Å². The maximum atomic E-state index is 12.7. The highest BCUT2D eigenvalue weighted by molar-refractivity contribution is 5.85. The largest absolute Gasteiger partial charge is 0.352 e. The lowest BCUT2D eigenvalue weighted by molar-refractivity contribution is -0.123. The van der Waals surface area contributed by atoms with Gasteiger partial charge in [0.15, 0.2) is 0 Å². The van der Waals surface area contributed by atoms with Gasteiger partial charge in [0, 0.05) is 37.3 Å². The molecule has 6 heteroatoms. The Morgan fingerprint density at radius 2 is 2.03 bits per heavy atom. The minimum Gasteiger partial charge on any atom is -0.352 e. The van der Waals surface area contributed by atoms with Gasteiger partial charge < -0.3 is 16.0 Å². The number of nitrogens with one attached hydrogen (secondary N) is 1. The molecule has 6 nitrogen and oxygen atoms in total. The number of aromatic nitrogens is 1. The molecule has 2 aromatic rings. The summed E-state index contributed by atoms with van der Waals surface area (Å²) in [6.07, 6.45) is 5.08. The second kappa shape index (κ2) is 9.41. The van der Waals surface area contributed by atoms with Crippen molar-refractivity contribution >= 4 is 16.8 Å². The Kier molecular flexibility index (Phi) is 6.66. The molecule has 3 heterocycles. The molecule has 3 N–H and O–H groups in total. The Labute approximate surface area is 179 Å². The zero-order chi connectivity index (χ0) is 21.1. The fraction of sp³-hybridized carbons (Fsp3) is 0.583. The summed E-state index contributed by atoms with van der Waals surface area (Å²) in [7, 11) is 2.15. The molecule has 1 aromatic heterocycles. The van der Waals surface area contributed by atoms with Crippen LogP contribution in [0.2, 0.25) is 0 Å². The molecule has 2 saturated heterocycles. The Morgan fingerprint density at radius 1 is 1.23 bits per heavy atom. The minimum absolute atomic E-state index is 0.169. The summed E-state index contributed by atoms with van der Waals surface area (Å²) < 4.78 is 0. The summed E-state index contributed by atoms with van der Waals surface area (Å²) in [5.41, 5.74) is 9.37. The number of hydrogen-bond donors (Lipinski definition) is 2. The lowest BCUT2D eigenvalue weighted by atomic mass is 9.83. The molecule has 162 valence electrons. The number of amides is 1. The molecule has 2 aliphatic heterocycles. The molecule has 0 radical (unpaired) electrons. The van der Waals surface area contributed by atoms with E-state index in [0.29, 0.717) is 31.0 Å². The van der Waals surface area contributed by atoms with Crippen LogP contribution in [-0.2, 0) is 11.3 Å². The number of nitrogens with two attached hydrogens (primary N) is 1. The van der Waals surface area contributed by atoms with E-state index in [1.54, 1.807) is 0 Å². The van der Waals surface area contributed by atoms with Gasteiger partial charge in [-0.25, -0.2) is 0 Å². The molecule has 1 amide bonds. The maximum Gasteiger partial charge on any atom is 0.234 e. The predicted octanol–water partition coefficient (Wildman–Crippen LogP) is 2.33. The molecule has 1 aromatic carbocycles. The van der Waals surface area contributed by atoms with Gasteiger partial charge in [0.2, 0.25) is 5.91 Å². The lowest BCUT2D eigenvalue weighted by Crippen LogP contribution is -2.49. The number of fused-ring (bicyclic) bond motifs is 1. The van der Waals surface area contributed by atoms with Crippen molar-refractivity contribution in [2.45, 2.75) is 44.7 Å². The fourth-order valence-corrected chi connectivity index (χ4v) is 5.22. The number of carbonyl (C=O) groups is 1. The quantitative estimate of drug-likeness (QED) is 0.793. The van der Waals surface area contributed by atoms with Gasteiger partial charge in [0.1, 0.15) is 0 Å². The average Bonchev–Trinajstić information content (AvgIpc) is 2.74. The van der Waals surface area contributed by atoms with Gasteiger partial charge in [-0.1, -0.05) is 25.1 Å². The van der Waals surface area contributed by atoms with Gasteiger partial charge >= 0.3 is 0 Å². The smallest absolute Gasteiger partial charge is 0.234 e. The summed E-state index contributed by atoms with van der Waals surface area (Å²) >= 11 is 0. The Balaban J connectivity index is 1.45. The second-order valence-electron chi connectivity index (χ2n) is 9.29. The van der Waals surface area contributed by atoms with Crippen molar-refractivity contribution in [3.8, 4) is 0 Å². The van der Waals surface area contributed by atoms with Crippen LogP contribution in [0, 0.1) is 5.92 Å². The highest BCUT2D eigenvalue weighted by Gasteiger charge is 2.29. The number of pyridine rings is 1. The average molecular weight is 410 g/mol. The summed E-state index contributed by atoms with van der Waals surface area (Å²) in [6.45, 7) is 7.30. The van der Waals surface area contributed by atoms with Crippen LogP contribution in [-0.4, -0.2) is 66.5 Å². The Bertz CT molecular complexity index is 877. The van der Waals surface area contributed by atoms with Gasteiger partial charge in [-0.15, -0.1) is 0 Å². The number of hydrogen-bond acceptors (Lipinski definition) is 5. The van der Waals surface area contributed by atoms with Crippen molar-refractivity contribution in [2.24, 2.45) is 11.7 Å². The van der Waals surface area contributed by atoms with Crippen LogP contribution in [0.3, 0.4) is 0 Å². The molecular formula is C24H35N5O. The molecule has 0 aliphatic carbocycles. The molecule has 2 fully saturated rings. The summed E-state index contributed by atoms with van der Waals surface area (Å²) in [5, 5.41) is 4.47. The van der Waals surface area contributed by atoms with Crippen LogP contribution < -0.4 is 11.1 Å². The fourth-order valence-electron chi connectivity index (χ4n) is 5.22. The molecule has 0 saturated carbocycles. The van der Waals surface area contributed by atoms with E-state index in [4.69, 9.17) is 5.73 Å². The monoisotopic (exact) mass is 409 g/mol. The zero-order valence-electron chi connectivity index (χ0n) is 18.3. The first-order valence-electron chi connectivity index (χ1n) is 11.3. The first-order chi connectivity index (χ1) is 14.5. The third kappa shape index (κ3) is 4.82. The standard InChI is InChI=1S/C24H35N5O/c1-17-12-19(21-6-5-18(13-25)24-22(21)4-3-9-26-24)15-29(14-17)16-23(30)27-20-7-10-28(2)11-8-20/h3-6,9,17,19-20H,7-8,10-16,25H2,1-2H3,(H,27,30)/t17-,19-/m1/s1. The van der Waals surface area contributed by atoms with Crippen LogP contribution in [0.4, 0.5) is 0 Å². The number of nitrogens with zero attached hydrogens (tertiary/aromatic N) is 3. The van der Waals surface area contributed by atoms with Crippen molar-refractivity contribution in [3.63, 3.8) is 0 Å². The maximum absolute atomic E-state index is 12.7. The van der Waals surface area contributed by atoms with Gasteiger partial charge in [-0.05, 0) is 68.4 Å². The third-order valence-corrected chi connectivity index (χ3v) is 6.73. The van der Waals surface area contributed by atoms with E-state index in [9.17, 15) is 4.79 Å². The highest BCUT2D eigenvalue weighted by Crippen LogP contribution is 2.34. The SMILES string of the molecule is C[C@@H]1C[C@@H](c2ccc(CN)c3ncccc23)CN(CC(=O)NC2CCN(C)CC2)C1. The number of rotatable bonds is 5. The number of benzene rings is 1. The molecule has 2 atom stereocenters. The summed E-state index contributed by atoms with van der Waals surface area (Å²) in [4.78, 5) is 22.0. The van der Waals surface area contributed by atoms with E-state index in [1.165, 1.54) is 10.9 Å². The molecule has 0 unspecified atom stereocenters. The molecular weight excluding hydrogens is 374 g/mol. The van der Waals surface area contributed by atoms with Crippen molar-refractivity contribution in [3.05, 3.63) is 41.6 Å². The van der Waals surface area contributed by atoms with E-state index in [-0.39, 0.29) is 5.91 Å². The van der Waals surface area contributed by atoms with Crippen molar-refractivity contribution in [1.82, 2.24) is 20.1 Å². The molecule has 2 aliphatic rings. The zero-order valence-corrected chi connectivity index (χ0v) is 18.3. The first kappa shape index (κ1) is 21.2. The van der Waals surface area contributed by atoms with Crippen molar-refractivity contribution < 1.29 is 4.79 Å². The number of carbonyl (C=O) groups excluding carboxylic acids is 1. The van der Waals surface area contributed by atoms with Gasteiger partial charge in [0.25, 0.3) is 0 Å². The van der Waals surface area contributed by atoms with Crippen LogP contribution in [0.25, 0.3) is 10.9 Å². The topological polar surface area (TPSA) is 74.5 Å². The summed E-state index contributed by atoms with van der Waals surface area (Å²) in [6, 6.07) is 8.84. The van der Waals surface area contributed by atoms with E-state index in [2.05, 4.69) is 52.3 Å². The van der Waals surface area contributed by atoms with Crippen molar-refractivity contribution in [1.29, 1.82) is 0 Å². The predicted molar refractivity (Wildman–Crippen MR) is 121 cm³/mol. The van der Waals surface area contributed by atoms with Crippen molar-refractivity contribution in [2.75, 3.05) is 39.8 Å². The number of piperidine rings is 2. The van der Waals surface area contributed by atoms with Gasteiger partial charge in [0.05, 0.1) is 12.1 Å². The molecule has 4 rings (SSSR count). The van der Waals surface area contributed by atoms with Crippen LogP contribution in [0.1, 0.15) is 43.2 Å². The van der Waals surface area contributed by atoms with E-state index in [0.717, 1.165) is 56.5 Å². The molecule has 0 spiro atoms. The van der Waals surface area contributed by atoms with Gasteiger partial charge in [-0.2, -0.15) is 0 Å². The highest BCUT2D eigenvalue weighted by atomic mass is 16.2. The van der Waals surface area contributed by atoms with Crippen LogP contribution in [0.5, 0.6) is 0 Å². The summed E-state index contributed by atoms with van der Waals surface area (Å²) in [5.74, 6) is 1.13. The normalized spacial score (nSPS) is 24.2. The number of likely N-dealkylation sites (tertiary alicyclic amines) is 2.